The highest BCUT2D eigenvalue weighted by atomic mass is 16.3. The van der Waals surface area contributed by atoms with Crippen LogP contribution in [-0.4, -0.2) is 68.0 Å². The van der Waals surface area contributed by atoms with E-state index in [0.29, 0.717) is 18.7 Å². The van der Waals surface area contributed by atoms with Crippen LogP contribution in [0.25, 0.3) is 0 Å². The van der Waals surface area contributed by atoms with Crippen LogP contribution in [0.5, 0.6) is 0 Å². The summed E-state index contributed by atoms with van der Waals surface area (Å²) < 4.78 is 0. The number of likely N-dealkylation sites (tertiary alicyclic amines) is 2. The molecule has 2 saturated heterocycles. The van der Waals surface area contributed by atoms with Gasteiger partial charge in [0.15, 0.2) is 0 Å². The van der Waals surface area contributed by atoms with Crippen molar-refractivity contribution in [3.05, 3.63) is 96.1 Å². The van der Waals surface area contributed by atoms with Crippen LogP contribution in [0.3, 0.4) is 0 Å². The molecule has 0 radical (unpaired) electrons. The van der Waals surface area contributed by atoms with E-state index in [1.807, 2.05) is 48.5 Å². The number of benzene rings is 1. The molecule has 2 aliphatic rings. The minimum atomic E-state index is -0.533. The second kappa shape index (κ2) is 8.16. The molecule has 1 spiro atoms. The molecule has 2 fully saturated rings. The highest BCUT2D eigenvalue weighted by molar-refractivity contribution is 5.96. The molecule has 7 nitrogen and oxygen atoms in total. The molecular weight excluding hydrogens is 404 g/mol. The zero-order valence-corrected chi connectivity index (χ0v) is 17.5. The van der Waals surface area contributed by atoms with Gasteiger partial charge in [-0.15, -0.1) is 0 Å². The third-order valence-corrected chi connectivity index (χ3v) is 6.61. The Morgan fingerprint density at radius 1 is 0.969 bits per heavy atom. The van der Waals surface area contributed by atoms with Crippen molar-refractivity contribution in [1.82, 2.24) is 19.8 Å². The van der Waals surface area contributed by atoms with Crippen LogP contribution < -0.4 is 0 Å². The molecule has 0 aliphatic carbocycles. The Bertz CT molecular complexity index is 1100. The predicted octanol–water partition coefficient (Wildman–Crippen LogP) is 1.90. The maximum Gasteiger partial charge on any atom is 0.254 e. The second-order valence-corrected chi connectivity index (χ2v) is 8.40. The van der Waals surface area contributed by atoms with Gasteiger partial charge in [0.05, 0.1) is 24.6 Å². The third-order valence-electron chi connectivity index (χ3n) is 6.61. The highest BCUT2D eigenvalue weighted by Crippen LogP contribution is 2.54. The van der Waals surface area contributed by atoms with Crippen LogP contribution in [0.2, 0.25) is 0 Å². The van der Waals surface area contributed by atoms with E-state index in [4.69, 9.17) is 0 Å². The molecule has 2 aliphatic heterocycles. The first kappa shape index (κ1) is 20.3. The van der Waals surface area contributed by atoms with Crippen molar-refractivity contribution < 1.29 is 14.7 Å². The van der Waals surface area contributed by atoms with Gasteiger partial charge in [-0.2, -0.15) is 0 Å². The highest BCUT2D eigenvalue weighted by Gasteiger charge is 2.68. The molecule has 162 valence electrons. The van der Waals surface area contributed by atoms with E-state index in [1.54, 1.807) is 40.5 Å². The second-order valence-electron chi connectivity index (χ2n) is 8.40. The predicted molar refractivity (Wildman–Crippen MR) is 118 cm³/mol. The first-order valence-corrected chi connectivity index (χ1v) is 10.7. The third kappa shape index (κ3) is 3.26. The molecule has 2 amide bonds. The fourth-order valence-electron chi connectivity index (χ4n) is 5.18. The number of pyridine rings is 2. The number of hydrogen-bond donors (Lipinski definition) is 1. The summed E-state index contributed by atoms with van der Waals surface area (Å²) in [5.74, 6) is -0.196. The van der Waals surface area contributed by atoms with E-state index in [9.17, 15) is 14.7 Å². The zero-order valence-electron chi connectivity index (χ0n) is 17.5. The molecule has 3 aromatic rings. The summed E-state index contributed by atoms with van der Waals surface area (Å²) >= 11 is 0. The molecule has 2 aromatic heterocycles. The summed E-state index contributed by atoms with van der Waals surface area (Å²) in [6, 6.07) is 18.5. The fraction of sp³-hybridized carbons (Fsp3) is 0.280. The summed E-state index contributed by atoms with van der Waals surface area (Å²) in [4.78, 5) is 38.1. The molecule has 0 saturated carbocycles. The van der Waals surface area contributed by atoms with Gasteiger partial charge in [0, 0.05) is 48.9 Å². The van der Waals surface area contributed by atoms with Gasteiger partial charge in [-0.3, -0.25) is 19.6 Å². The Kier molecular flexibility index (Phi) is 5.19. The minimum absolute atomic E-state index is 0.00936. The van der Waals surface area contributed by atoms with Gasteiger partial charge in [-0.05, 0) is 29.8 Å². The van der Waals surface area contributed by atoms with Gasteiger partial charge in [-0.1, -0.05) is 36.4 Å². The molecule has 0 bridgehead atoms. The molecule has 2 atom stereocenters. The largest absolute Gasteiger partial charge is 0.394 e. The van der Waals surface area contributed by atoms with Crippen molar-refractivity contribution >= 4 is 11.8 Å². The number of rotatable bonds is 5. The summed E-state index contributed by atoms with van der Waals surface area (Å²) in [6.45, 7) is 0.733. The number of nitrogens with zero attached hydrogens (tertiary/aromatic N) is 4. The quantitative estimate of drug-likeness (QED) is 0.671. The molecule has 1 aromatic carbocycles. The monoisotopic (exact) mass is 428 g/mol. The molecular formula is C25H24N4O3. The molecule has 4 heterocycles. The first-order valence-electron chi connectivity index (χ1n) is 10.7. The van der Waals surface area contributed by atoms with E-state index in [2.05, 4.69) is 9.97 Å². The Balaban J connectivity index is 1.42. The number of carbonyl (C=O) groups excluding carboxylic acids is 2. The van der Waals surface area contributed by atoms with Crippen molar-refractivity contribution in [2.45, 2.75) is 23.9 Å². The number of carbonyl (C=O) groups is 2. The van der Waals surface area contributed by atoms with E-state index < -0.39 is 5.54 Å². The normalized spacial score (nSPS) is 21.0. The molecule has 32 heavy (non-hydrogen) atoms. The van der Waals surface area contributed by atoms with Gasteiger partial charge < -0.3 is 14.9 Å². The van der Waals surface area contributed by atoms with Crippen LogP contribution in [0.15, 0.2) is 79.3 Å². The van der Waals surface area contributed by atoms with Gasteiger partial charge >= 0.3 is 0 Å². The van der Waals surface area contributed by atoms with Crippen LogP contribution >= 0.6 is 0 Å². The fourth-order valence-corrected chi connectivity index (χ4v) is 5.18. The molecule has 1 N–H and O–H groups in total. The topological polar surface area (TPSA) is 86.6 Å². The standard InChI is InChI=1S/C25H24N4O3/c30-15-21-23(18-6-2-1-3-7-18)25(29(21)24(32)19-9-12-26-13-10-19)16-28(17-25)22(31)14-20-8-4-5-11-27-20/h1-13,21,23,30H,14-17H2/t21-,23-/m1/s1. The van der Waals surface area contributed by atoms with Crippen molar-refractivity contribution in [3.8, 4) is 0 Å². The number of amides is 2. The van der Waals surface area contributed by atoms with Crippen molar-refractivity contribution in [2.24, 2.45) is 0 Å². The summed E-state index contributed by atoms with van der Waals surface area (Å²) in [5, 5.41) is 10.2. The van der Waals surface area contributed by atoms with Crippen LogP contribution in [-0.2, 0) is 11.2 Å². The van der Waals surface area contributed by atoms with E-state index >= 15 is 0 Å². The first-order chi connectivity index (χ1) is 15.6. The lowest BCUT2D eigenvalue weighted by Gasteiger charge is -2.70. The van der Waals surface area contributed by atoms with Gasteiger partial charge in [0.1, 0.15) is 0 Å². The van der Waals surface area contributed by atoms with Crippen molar-refractivity contribution in [1.29, 1.82) is 0 Å². The molecule has 0 unspecified atom stereocenters. The molecule has 7 heteroatoms. The summed E-state index contributed by atoms with van der Waals surface area (Å²) in [7, 11) is 0. The van der Waals surface area contributed by atoms with Crippen LogP contribution in [0, 0.1) is 0 Å². The van der Waals surface area contributed by atoms with Gasteiger partial charge in [0.25, 0.3) is 5.91 Å². The van der Waals surface area contributed by atoms with Crippen molar-refractivity contribution in [2.75, 3.05) is 19.7 Å². The minimum Gasteiger partial charge on any atom is -0.394 e. The summed E-state index contributed by atoms with van der Waals surface area (Å²) in [5.41, 5.74) is 1.80. The van der Waals surface area contributed by atoms with E-state index in [1.165, 1.54) is 0 Å². The maximum absolute atomic E-state index is 13.4. The Morgan fingerprint density at radius 3 is 2.34 bits per heavy atom. The van der Waals surface area contributed by atoms with Crippen LogP contribution in [0.1, 0.15) is 27.5 Å². The Morgan fingerprint density at radius 2 is 1.69 bits per heavy atom. The SMILES string of the molecule is O=C(Cc1ccccn1)N1CC2(C1)[C@H](c1ccccc1)[C@@H](CO)N2C(=O)c1ccncc1. The number of aliphatic hydroxyl groups is 1. The number of aliphatic hydroxyl groups excluding tert-OH is 1. The van der Waals surface area contributed by atoms with Crippen LogP contribution in [0.4, 0.5) is 0 Å². The number of hydrogen-bond acceptors (Lipinski definition) is 5. The van der Waals surface area contributed by atoms with Crippen molar-refractivity contribution in [3.63, 3.8) is 0 Å². The van der Waals surface area contributed by atoms with Gasteiger partial charge in [-0.25, -0.2) is 0 Å². The lowest BCUT2D eigenvalue weighted by Crippen LogP contribution is -2.86. The Labute approximate surface area is 186 Å². The average molecular weight is 428 g/mol. The average Bonchev–Trinajstić information content (AvgIpc) is 2.79. The lowest BCUT2D eigenvalue weighted by molar-refractivity contribution is -0.178. The molecule has 5 rings (SSSR count). The van der Waals surface area contributed by atoms with E-state index in [-0.39, 0.29) is 36.8 Å². The smallest absolute Gasteiger partial charge is 0.254 e. The van der Waals surface area contributed by atoms with E-state index in [0.717, 1.165) is 11.3 Å². The number of aromatic nitrogens is 2. The zero-order chi connectivity index (χ0) is 22.1. The van der Waals surface area contributed by atoms with Gasteiger partial charge in [0.2, 0.25) is 5.91 Å². The lowest BCUT2D eigenvalue weighted by atomic mass is 9.60. The summed E-state index contributed by atoms with van der Waals surface area (Å²) in [6.07, 6.45) is 5.09. The Hall–Kier alpha value is -3.58. The maximum atomic E-state index is 13.4.